The molecule has 6 nitrogen and oxygen atoms in total. The molecule has 1 amide bonds. The normalized spacial score (nSPS) is 15.5. The summed E-state index contributed by atoms with van der Waals surface area (Å²) in [6.07, 6.45) is 10.5. The Kier molecular flexibility index (Phi) is 7.06. The number of carbonyl (C=O) groups excluding carboxylic acids is 1. The van der Waals surface area contributed by atoms with E-state index in [2.05, 4.69) is 22.1 Å². The molecule has 1 saturated carbocycles. The number of aromatic nitrogens is 1. The molecule has 2 N–H and O–H groups in total. The maximum Gasteiger partial charge on any atom is 0.265 e. The molecule has 0 unspecified atom stereocenters. The van der Waals surface area contributed by atoms with Crippen LogP contribution in [0.4, 0.5) is 5.69 Å². The summed E-state index contributed by atoms with van der Waals surface area (Å²) in [5, 5.41) is 19.1. The number of nitrogens with one attached hydrogen (secondary N) is 1. The zero-order valence-electron chi connectivity index (χ0n) is 17.0. The number of hydrogen-bond acceptors (Lipinski definition) is 4. The summed E-state index contributed by atoms with van der Waals surface area (Å²) in [6, 6.07) is 3.74. The van der Waals surface area contributed by atoms with E-state index < -0.39 is 0 Å². The number of amides is 1. The third-order valence-electron chi connectivity index (χ3n) is 5.69. The van der Waals surface area contributed by atoms with Gasteiger partial charge < -0.3 is 14.8 Å². The number of benzene rings is 1. The Morgan fingerprint density at radius 2 is 2.04 bits per heavy atom. The molecule has 1 aromatic carbocycles. The van der Waals surface area contributed by atoms with Gasteiger partial charge >= 0.3 is 0 Å². The number of methoxy groups -OCH3 is 1. The number of unbranched alkanes of at least 4 members (excludes halogenated alkanes) is 2. The second-order valence-corrected chi connectivity index (χ2v) is 7.75. The Hall–Kier alpha value is -2.37. The maximum absolute atomic E-state index is 12.2. The van der Waals surface area contributed by atoms with Crippen molar-refractivity contribution < 1.29 is 14.6 Å². The summed E-state index contributed by atoms with van der Waals surface area (Å²) in [5.74, 6) is 0.944. The van der Waals surface area contributed by atoms with Crippen LogP contribution in [0.1, 0.15) is 70.3 Å². The summed E-state index contributed by atoms with van der Waals surface area (Å²) in [5.41, 5.74) is 2.16. The van der Waals surface area contributed by atoms with Gasteiger partial charge in [-0.3, -0.25) is 4.79 Å². The predicted molar refractivity (Wildman–Crippen MR) is 110 cm³/mol. The van der Waals surface area contributed by atoms with Crippen molar-refractivity contribution in [2.24, 2.45) is 16.1 Å². The van der Waals surface area contributed by atoms with Gasteiger partial charge in [0.25, 0.3) is 5.91 Å². The molecule has 1 aliphatic rings. The molecule has 0 spiro atoms. The third-order valence-corrected chi connectivity index (χ3v) is 5.69. The number of fused-ring (bicyclic) bond motifs is 1. The highest BCUT2D eigenvalue weighted by atomic mass is 16.5. The number of nitrogens with zero attached hydrogens (tertiary/aromatic N) is 2. The lowest BCUT2D eigenvalue weighted by Crippen LogP contribution is -2.10. The highest BCUT2D eigenvalue weighted by Gasteiger charge is 2.19. The van der Waals surface area contributed by atoms with Gasteiger partial charge in [-0.2, -0.15) is 0 Å². The number of H-pyrrole nitrogens is 1. The van der Waals surface area contributed by atoms with Gasteiger partial charge in [-0.25, -0.2) is 0 Å². The van der Waals surface area contributed by atoms with Crippen molar-refractivity contribution in [3.8, 4) is 11.6 Å². The predicted octanol–water partition coefficient (Wildman–Crippen LogP) is 6.20. The van der Waals surface area contributed by atoms with E-state index in [0.29, 0.717) is 18.0 Å². The van der Waals surface area contributed by atoms with Crippen molar-refractivity contribution in [1.29, 1.82) is 0 Å². The van der Waals surface area contributed by atoms with Crippen molar-refractivity contribution in [2.75, 3.05) is 7.11 Å². The number of aromatic amines is 1. The maximum atomic E-state index is 12.2. The molecule has 3 rings (SSSR count). The summed E-state index contributed by atoms with van der Waals surface area (Å²) in [7, 11) is 1.65. The zero-order valence-corrected chi connectivity index (χ0v) is 17.0. The average molecular weight is 386 g/mol. The van der Waals surface area contributed by atoms with Crippen LogP contribution in [-0.2, 0) is 11.2 Å². The fraction of sp³-hybridized carbons (Fsp3) is 0.591. The number of aryl methyl sites for hydroxylation is 1. The topological polar surface area (TPSA) is 87.0 Å². The third kappa shape index (κ3) is 4.72. The molecule has 2 aromatic rings. The van der Waals surface area contributed by atoms with E-state index in [1.165, 1.54) is 19.3 Å². The fourth-order valence-corrected chi connectivity index (χ4v) is 4.15. The van der Waals surface area contributed by atoms with Gasteiger partial charge in [0.1, 0.15) is 5.75 Å². The lowest BCUT2D eigenvalue weighted by molar-refractivity contribution is -0.119. The number of ether oxygens (including phenoxy) is 1. The van der Waals surface area contributed by atoms with E-state index in [9.17, 15) is 9.90 Å². The molecule has 0 atom stereocenters. The van der Waals surface area contributed by atoms with Crippen molar-refractivity contribution in [2.45, 2.75) is 71.1 Å². The van der Waals surface area contributed by atoms with Gasteiger partial charge in [-0.15, -0.1) is 10.2 Å². The van der Waals surface area contributed by atoms with Crippen molar-refractivity contribution in [1.82, 2.24) is 4.98 Å². The molecular formula is C22H31N3O3. The molecule has 1 heterocycles. The largest absolute Gasteiger partial charge is 0.496 e. The van der Waals surface area contributed by atoms with Gasteiger partial charge in [0.15, 0.2) is 5.69 Å². The number of hydrogen-bond donors (Lipinski definition) is 2. The zero-order chi connectivity index (χ0) is 19.9. The van der Waals surface area contributed by atoms with Crippen LogP contribution in [0.2, 0.25) is 0 Å². The molecular weight excluding hydrogens is 354 g/mol. The molecule has 1 fully saturated rings. The first kappa shape index (κ1) is 20.4. The monoisotopic (exact) mass is 385 g/mol. The first-order valence-electron chi connectivity index (χ1n) is 10.5. The van der Waals surface area contributed by atoms with E-state index in [0.717, 1.165) is 60.7 Å². The van der Waals surface area contributed by atoms with Gasteiger partial charge in [0, 0.05) is 17.4 Å². The Bertz CT molecular complexity index is 835. The van der Waals surface area contributed by atoms with Crippen LogP contribution in [-0.4, -0.2) is 23.1 Å². The second kappa shape index (κ2) is 9.71. The lowest BCUT2D eigenvalue weighted by Gasteiger charge is -2.19. The van der Waals surface area contributed by atoms with Crippen molar-refractivity contribution >= 4 is 22.5 Å². The van der Waals surface area contributed by atoms with Crippen LogP contribution >= 0.6 is 0 Å². The molecule has 0 radical (unpaired) electrons. The SMILES string of the molecule is CCCCCc1c(OC)ccc2c(N=NC(=O)CC3CCCCC3)c(O)[nH]c12. The van der Waals surface area contributed by atoms with Crippen LogP contribution in [0.15, 0.2) is 22.4 Å². The minimum atomic E-state index is -0.211. The van der Waals surface area contributed by atoms with Gasteiger partial charge in [0.2, 0.25) is 5.88 Å². The minimum Gasteiger partial charge on any atom is -0.496 e. The lowest BCUT2D eigenvalue weighted by atomic mass is 9.87. The van der Waals surface area contributed by atoms with E-state index in [1.807, 2.05) is 12.1 Å². The smallest absolute Gasteiger partial charge is 0.265 e. The summed E-state index contributed by atoms with van der Waals surface area (Å²) in [6.45, 7) is 2.17. The number of azo groups is 1. The number of carbonyl (C=O) groups is 1. The minimum absolute atomic E-state index is 0.0609. The first-order chi connectivity index (χ1) is 13.6. The molecule has 0 bridgehead atoms. The molecule has 0 saturated heterocycles. The molecule has 28 heavy (non-hydrogen) atoms. The Labute approximate surface area is 166 Å². The Balaban J connectivity index is 1.81. The molecule has 1 aliphatic carbocycles. The number of rotatable bonds is 8. The van der Waals surface area contributed by atoms with E-state index in [4.69, 9.17) is 4.74 Å². The van der Waals surface area contributed by atoms with Crippen molar-refractivity contribution in [3.63, 3.8) is 0 Å². The average Bonchev–Trinajstić information content (AvgIpc) is 3.03. The van der Waals surface area contributed by atoms with Crippen LogP contribution in [0.3, 0.4) is 0 Å². The summed E-state index contributed by atoms with van der Waals surface area (Å²) in [4.78, 5) is 15.2. The van der Waals surface area contributed by atoms with Crippen LogP contribution in [0.25, 0.3) is 10.9 Å². The Morgan fingerprint density at radius 3 is 2.75 bits per heavy atom. The standard InChI is InChI=1S/C22H31N3O3/c1-3-4-6-11-16-18(28-2)13-12-17-20(16)23-22(27)21(17)25-24-19(26)14-15-9-7-5-8-10-15/h12-13,15,23,27H,3-11,14H2,1-2H3. The van der Waals surface area contributed by atoms with Gasteiger partial charge in [0.05, 0.1) is 12.6 Å². The van der Waals surface area contributed by atoms with E-state index in [-0.39, 0.29) is 11.8 Å². The van der Waals surface area contributed by atoms with Crippen molar-refractivity contribution in [3.05, 3.63) is 17.7 Å². The first-order valence-corrected chi connectivity index (χ1v) is 10.5. The quantitative estimate of drug-likeness (QED) is 0.419. The molecule has 152 valence electrons. The highest BCUT2D eigenvalue weighted by molar-refractivity contribution is 5.97. The van der Waals surface area contributed by atoms with Gasteiger partial charge in [-0.1, -0.05) is 39.0 Å². The van der Waals surface area contributed by atoms with Crippen LogP contribution in [0.5, 0.6) is 11.6 Å². The van der Waals surface area contributed by atoms with E-state index in [1.54, 1.807) is 7.11 Å². The van der Waals surface area contributed by atoms with Crippen LogP contribution < -0.4 is 4.74 Å². The molecule has 0 aliphatic heterocycles. The number of aromatic hydroxyl groups is 1. The molecule has 1 aromatic heterocycles. The second-order valence-electron chi connectivity index (χ2n) is 7.75. The highest BCUT2D eigenvalue weighted by Crippen LogP contribution is 2.40. The van der Waals surface area contributed by atoms with Crippen LogP contribution in [0, 0.1) is 5.92 Å². The summed E-state index contributed by atoms with van der Waals surface area (Å²) >= 11 is 0. The summed E-state index contributed by atoms with van der Waals surface area (Å²) < 4.78 is 5.51. The Morgan fingerprint density at radius 1 is 1.25 bits per heavy atom. The van der Waals surface area contributed by atoms with Gasteiger partial charge in [-0.05, 0) is 43.7 Å². The van der Waals surface area contributed by atoms with E-state index >= 15 is 0 Å². The molecule has 6 heteroatoms. The fourth-order valence-electron chi connectivity index (χ4n) is 4.15.